The second kappa shape index (κ2) is 4.17. The molecule has 1 heterocycles. The molecule has 88 valence electrons. The number of amides is 1. The third-order valence-corrected chi connectivity index (χ3v) is 2.12. The lowest BCUT2D eigenvalue weighted by molar-refractivity contribution is 0.0568. The Morgan fingerprint density at radius 1 is 1.25 bits per heavy atom. The molecule has 0 saturated heterocycles. The summed E-state index contributed by atoms with van der Waals surface area (Å²) in [6.45, 7) is 9.21. The van der Waals surface area contributed by atoms with E-state index in [2.05, 4.69) is 9.97 Å². The first-order valence-electron chi connectivity index (χ1n) is 5.13. The van der Waals surface area contributed by atoms with E-state index < -0.39 is 5.54 Å². The molecular formula is C11H18N4O. The molecule has 5 heteroatoms. The van der Waals surface area contributed by atoms with E-state index in [9.17, 15) is 4.79 Å². The quantitative estimate of drug-likeness (QED) is 0.440. The van der Waals surface area contributed by atoms with Crippen LogP contribution in [0.4, 0.5) is 0 Å². The van der Waals surface area contributed by atoms with Crippen molar-refractivity contribution < 1.29 is 4.79 Å². The number of hydrogen-bond donors (Lipinski definition) is 1. The van der Waals surface area contributed by atoms with Gasteiger partial charge in [-0.2, -0.15) is 0 Å². The van der Waals surface area contributed by atoms with Gasteiger partial charge in [0.25, 0.3) is 0 Å². The summed E-state index contributed by atoms with van der Waals surface area (Å²) in [5.74, 6) is 5.52. The maximum absolute atomic E-state index is 12.0. The van der Waals surface area contributed by atoms with E-state index in [-0.39, 0.29) is 11.7 Å². The zero-order valence-electron chi connectivity index (χ0n) is 10.4. The summed E-state index contributed by atoms with van der Waals surface area (Å²) in [5.41, 5.74) is 1.08. The number of carbonyl (C=O) groups is 1. The van der Waals surface area contributed by atoms with Crippen molar-refractivity contribution in [1.29, 1.82) is 0 Å². The number of nitrogens with zero attached hydrogens (tertiary/aromatic N) is 3. The minimum absolute atomic E-state index is 0.148. The van der Waals surface area contributed by atoms with Crippen molar-refractivity contribution in [2.24, 2.45) is 5.84 Å². The van der Waals surface area contributed by atoms with Gasteiger partial charge in [-0.05, 0) is 40.7 Å². The Labute approximate surface area is 95.7 Å². The van der Waals surface area contributed by atoms with Crippen LogP contribution in [0.3, 0.4) is 0 Å². The van der Waals surface area contributed by atoms with Gasteiger partial charge in [-0.3, -0.25) is 9.80 Å². The Hall–Kier alpha value is -1.49. The molecule has 0 bridgehead atoms. The topological polar surface area (TPSA) is 72.1 Å². The summed E-state index contributed by atoms with van der Waals surface area (Å²) in [7, 11) is 0. The zero-order chi connectivity index (χ0) is 12.5. The second-order valence-electron chi connectivity index (χ2n) is 4.82. The maximum Gasteiger partial charge on any atom is 0.306 e. The number of aryl methyl sites for hydroxylation is 2. The molecule has 0 saturated carbocycles. The highest BCUT2D eigenvalue weighted by Crippen LogP contribution is 2.11. The molecular weight excluding hydrogens is 204 g/mol. The number of carbonyl (C=O) groups excluding carboxylic acids is 1. The van der Waals surface area contributed by atoms with Gasteiger partial charge in [0.1, 0.15) is 0 Å². The summed E-state index contributed by atoms with van der Waals surface area (Å²) < 4.78 is 0. The van der Waals surface area contributed by atoms with Crippen molar-refractivity contribution in [2.45, 2.75) is 40.2 Å². The van der Waals surface area contributed by atoms with Crippen LogP contribution in [0.5, 0.6) is 0 Å². The highest BCUT2D eigenvalue weighted by atomic mass is 16.2. The van der Waals surface area contributed by atoms with Gasteiger partial charge in [-0.1, -0.05) is 0 Å². The van der Waals surface area contributed by atoms with Crippen LogP contribution in [0.25, 0.3) is 0 Å². The van der Waals surface area contributed by atoms with Gasteiger partial charge in [0, 0.05) is 11.4 Å². The molecule has 0 fully saturated rings. The highest BCUT2D eigenvalue weighted by molar-refractivity contribution is 5.90. The summed E-state index contributed by atoms with van der Waals surface area (Å²) in [6, 6.07) is 1.81. The van der Waals surface area contributed by atoms with Gasteiger partial charge >= 0.3 is 5.91 Å². The molecule has 0 atom stereocenters. The zero-order valence-corrected chi connectivity index (χ0v) is 10.4. The standard InChI is InChI=1S/C11H18N4O/c1-7-6-8(2)14-9(13-7)10(16)15(12)11(3,4)5/h6H,12H2,1-5H3. The fourth-order valence-electron chi connectivity index (χ4n) is 1.23. The van der Waals surface area contributed by atoms with E-state index in [4.69, 9.17) is 5.84 Å². The average molecular weight is 222 g/mol. The lowest BCUT2D eigenvalue weighted by Crippen LogP contribution is -2.51. The van der Waals surface area contributed by atoms with E-state index in [0.29, 0.717) is 0 Å². The van der Waals surface area contributed by atoms with Crippen molar-refractivity contribution in [2.75, 3.05) is 0 Å². The van der Waals surface area contributed by atoms with Crippen molar-refractivity contribution in [1.82, 2.24) is 15.0 Å². The Morgan fingerprint density at radius 3 is 2.06 bits per heavy atom. The molecule has 0 aliphatic heterocycles. The van der Waals surface area contributed by atoms with Crippen LogP contribution >= 0.6 is 0 Å². The molecule has 1 rings (SSSR count). The molecule has 2 N–H and O–H groups in total. The van der Waals surface area contributed by atoms with Crippen LogP contribution in [0.15, 0.2) is 6.07 Å². The smallest absolute Gasteiger partial charge is 0.268 e. The van der Waals surface area contributed by atoms with E-state index in [1.807, 2.05) is 40.7 Å². The lowest BCUT2D eigenvalue weighted by atomic mass is 10.1. The molecule has 5 nitrogen and oxygen atoms in total. The summed E-state index contributed by atoms with van der Waals surface area (Å²) in [4.78, 5) is 20.1. The van der Waals surface area contributed by atoms with Gasteiger partial charge < -0.3 is 0 Å². The summed E-state index contributed by atoms with van der Waals surface area (Å²) >= 11 is 0. The van der Waals surface area contributed by atoms with Crippen molar-refractivity contribution in [3.8, 4) is 0 Å². The van der Waals surface area contributed by atoms with E-state index in [1.165, 1.54) is 0 Å². The van der Waals surface area contributed by atoms with Gasteiger partial charge in [0.05, 0.1) is 5.54 Å². The largest absolute Gasteiger partial charge is 0.306 e. The number of hydrogen-bond acceptors (Lipinski definition) is 4. The van der Waals surface area contributed by atoms with Crippen LogP contribution in [0.2, 0.25) is 0 Å². The van der Waals surface area contributed by atoms with E-state index in [1.54, 1.807) is 0 Å². The molecule has 1 amide bonds. The maximum atomic E-state index is 12.0. The third-order valence-electron chi connectivity index (χ3n) is 2.12. The molecule has 0 spiro atoms. The molecule has 16 heavy (non-hydrogen) atoms. The SMILES string of the molecule is Cc1cc(C)nc(C(=O)N(N)C(C)(C)C)n1. The summed E-state index contributed by atoms with van der Waals surface area (Å²) in [5, 5.41) is 1.15. The molecule has 0 unspecified atom stereocenters. The fourth-order valence-corrected chi connectivity index (χ4v) is 1.23. The minimum atomic E-state index is -0.446. The van der Waals surface area contributed by atoms with Gasteiger partial charge in [-0.25, -0.2) is 15.8 Å². The predicted molar refractivity (Wildman–Crippen MR) is 61.6 cm³/mol. The van der Waals surface area contributed by atoms with Gasteiger partial charge in [0.2, 0.25) is 5.82 Å². The van der Waals surface area contributed by atoms with Crippen molar-refractivity contribution >= 4 is 5.91 Å². The summed E-state index contributed by atoms with van der Waals surface area (Å²) in [6.07, 6.45) is 0. The average Bonchev–Trinajstić information content (AvgIpc) is 2.12. The van der Waals surface area contributed by atoms with Crippen molar-refractivity contribution in [3.05, 3.63) is 23.3 Å². The lowest BCUT2D eigenvalue weighted by Gasteiger charge is -2.30. The first-order valence-corrected chi connectivity index (χ1v) is 5.13. The van der Waals surface area contributed by atoms with Crippen LogP contribution in [0, 0.1) is 13.8 Å². The molecule has 0 radical (unpaired) electrons. The molecule has 0 aromatic carbocycles. The fraction of sp³-hybridized carbons (Fsp3) is 0.545. The first-order chi connectivity index (χ1) is 7.21. The predicted octanol–water partition coefficient (Wildman–Crippen LogP) is 1.21. The number of hydrazine groups is 1. The van der Waals surface area contributed by atoms with Crippen LogP contribution in [0.1, 0.15) is 42.8 Å². The van der Waals surface area contributed by atoms with Crippen LogP contribution < -0.4 is 5.84 Å². The highest BCUT2D eigenvalue weighted by Gasteiger charge is 2.26. The van der Waals surface area contributed by atoms with Gasteiger partial charge in [-0.15, -0.1) is 0 Å². The monoisotopic (exact) mass is 222 g/mol. The van der Waals surface area contributed by atoms with Gasteiger partial charge in [0.15, 0.2) is 0 Å². The Kier molecular flexibility index (Phi) is 3.28. The third kappa shape index (κ3) is 2.76. The molecule has 0 aliphatic rings. The Morgan fingerprint density at radius 2 is 1.69 bits per heavy atom. The molecule has 0 aliphatic carbocycles. The number of aromatic nitrogens is 2. The molecule has 1 aromatic heterocycles. The minimum Gasteiger partial charge on any atom is -0.268 e. The van der Waals surface area contributed by atoms with E-state index in [0.717, 1.165) is 16.4 Å². The molecule has 1 aromatic rings. The number of nitrogens with two attached hydrogens (primary N) is 1. The van der Waals surface area contributed by atoms with Crippen LogP contribution in [-0.2, 0) is 0 Å². The Bertz CT molecular complexity index is 389. The van der Waals surface area contributed by atoms with E-state index >= 15 is 0 Å². The van der Waals surface area contributed by atoms with Crippen molar-refractivity contribution in [3.63, 3.8) is 0 Å². The normalized spacial score (nSPS) is 11.4. The number of rotatable bonds is 1. The second-order valence-corrected chi connectivity index (χ2v) is 4.82. The first kappa shape index (κ1) is 12.6. The van der Waals surface area contributed by atoms with Crippen LogP contribution in [-0.4, -0.2) is 26.4 Å². The Balaban J connectivity index is 3.06.